The SMILES string of the molecule is NC1C=CC(C(=O)N2CCNC(=O)C2)C1. The highest BCUT2D eigenvalue weighted by molar-refractivity contribution is 5.88. The Balaban J connectivity index is 1.95. The monoisotopic (exact) mass is 209 g/mol. The minimum absolute atomic E-state index is 0.0161. The Kier molecular flexibility index (Phi) is 2.73. The summed E-state index contributed by atoms with van der Waals surface area (Å²) in [5.41, 5.74) is 5.68. The van der Waals surface area contributed by atoms with Crippen LogP contribution in [0.5, 0.6) is 0 Å². The Morgan fingerprint density at radius 1 is 1.53 bits per heavy atom. The van der Waals surface area contributed by atoms with Gasteiger partial charge >= 0.3 is 0 Å². The average Bonchev–Trinajstić information content (AvgIpc) is 2.64. The molecule has 1 fully saturated rings. The van der Waals surface area contributed by atoms with E-state index in [0.29, 0.717) is 19.5 Å². The van der Waals surface area contributed by atoms with Gasteiger partial charge in [0.2, 0.25) is 11.8 Å². The highest BCUT2D eigenvalue weighted by Crippen LogP contribution is 2.19. The number of hydrogen-bond acceptors (Lipinski definition) is 3. The second kappa shape index (κ2) is 4.02. The number of carbonyl (C=O) groups is 2. The molecule has 2 atom stereocenters. The standard InChI is InChI=1S/C10H15N3O2/c11-8-2-1-7(5-8)10(15)13-4-3-12-9(14)6-13/h1-2,7-8H,3-6,11H2,(H,12,14). The number of hydrogen-bond donors (Lipinski definition) is 2. The largest absolute Gasteiger partial charge is 0.353 e. The molecule has 1 heterocycles. The first-order valence-electron chi connectivity index (χ1n) is 5.16. The molecular formula is C10H15N3O2. The molecular weight excluding hydrogens is 194 g/mol. The first-order valence-corrected chi connectivity index (χ1v) is 5.16. The van der Waals surface area contributed by atoms with Crippen LogP contribution in [0.3, 0.4) is 0 Å². The second-order valence-corrected chi connectivity index (χ2v) is 4.00. The van der Waals surface area contributed by atoms with E-state index < -0.39 is 0 Å². The van der Waals surface area contributed by atoms with Gasteiger partial charge in [0, 0.05) is 19.1 Å². The summed E-state index contributed by atoms with van der Waals surface area (Å²) in [6.07, 6.45) is 4.36. The molecule has 0 aromatic heterocycles. The van der Waals surface area contributed by atoms with Crippen molar-refractivity contribution < 1.29 is 9.59 Å². The molecule has 15 heavy (non-hydrogen) atoms. The highest BCUT2D eigenvalue weighted by Gasteiger charge is 2.29. The van der Waals surface area contributed by atoms with E-state index in [9.17, 15) is 9.59 Å². The van der Waals surface area contributed by atoms with Crippen molar-refractivity contribution >= 4 is 11.8 Å². The zero-order chi connectivity index (χ0) is 10.8. The van der Waals surface area contributed by atoms with Gasteiger partial charge in [-0.2, -0.15) is 0 Å². The van der Waals surface area contributed by atoms with Crippen LogP contribution in [-0.2, 0) is 9.59 Å². The molecule has 2 unspecified atom stereocenters. The second-order valence-electron chi connectivity index (χ2n) is 4.00. The number of nitrogens with zero attached hydrogens (tertiary/aromatic N) is 1. The molecule has 0 saturated carbocycles. The lowest BCUT2D eigenvalue weighted by Crippen LogP contribution is -2.51. The Labute approximate surface area is 88.3 Å². The van der Waals surface area contributed by atoms with Gasteiger partial charge in [0.1, 0.15) is 0 Å². The van der Waals surface area contributed by atoms with Crippen molar-refractivity contribution in [3.05, 3.63) is 12.2 Å². The number of rotatable bonds is 1. The number of carbonyl (C=O) groups excluding carboxylic acids is 2. The predicted octanol–water partition coefficient (Wildman–Crippen LogP) is -1.15. The summed E-state index contributed by atoms with van der Waals surface area (Å²) in [6, 6.07) is -0.0161. The van der Waals surface area contributed by atoms with Crippen LogP contribution in [0.4, 0.5) is 0 Å². The van der Waals surface area contributed by atoms with Crippen LogP contribution in [0.15, 0.2) is 12.2 Å². The molecule has 2 aliphatic rings. The molecule has 82 valence electrons. The molecule has 3 N–H and O–H groups in total. The molecule has 1 aliphatic heterocycles. The van der Waals surface area contributed by atoms with Gasteiger partial charge in [-0.25, -0.2) is 0 Å². The number of nitrogens with two attached hydrogens (primary N) is 1. The van der Waals surface area contributed by atoms with E-state index in [2.05, 4.69) is 5.32 Å². The molecule has 0 radical (unpaired) electrons. The molecule has 0 bridgehead atoms. The smallest absolute Gasteiger partial charge is 0.239 e. The molecule has 2 amide bonds. The lowest BCUT2D eigenvalue weighted by atomic mass is 10.1. The van der Waals surface area contributed by atoms with Crippen molar-refractivity contribution in [3.8, 4) is 0 Å². The summed E-state index contributed by atoms with van der Waals surface area (Å²) >= 11 is 0. The number of amides is 2. The van der Waals surface area contributed by atoms with Crippen molar-refractivity contribution in [3.63, 3.8) is 0 Å². The van der Waals surface area contributed by atoms with Crippen molar-refractivity contribution in [1.82, 2.24) is 10.2 Å². The van der Waals surface area contributed by atoms with E-state index in [1.54, 1.807) is 4.90 Å². The summed E-state index contributed by atoms with van der Waals surface area (Å²) < 4.78 is 0. The molecule has 5 nitrogen and oxygen atoms in total. The normalized spacial score (nSPS) is 30.5. The van der Waals surface area contributed by atoms with Gasteiger partial charge in [0.25, 0.3) is 0 Å². The van der Waals surface area contributed by atoms with Crippen LogP contribution < -0.4 is 11.1 Å². The van der Waals surface area contributed by atoms with Gasteiger partial charge in [-0.3, -0.25) is 9.59 Å². The van der Waals surface area contributed by atoms with Crippen LogP contribution in [0.1, 0.15) is 6.42 Å². The van der Waals surface area contributed by atoms with Crippen molar-refractivity contribution in [1.29, 1.82) is 0 Å². The Morgan fingerprint density at radius 2 is 2.33 bits per heavy atom. The van der Waals surface area contributed by atoms with Crippen LogP contribution in [0.2, 0.25) is 0 Å². The molecule has 0 aromatic rings. The average molecular weight is 209 g/mol. The molecule has 2 rings (SSSR count). The number of piperazine rings is 1. The summed E-state index contributed by atoms with van der Waals surface area (Å²) in [5.74, 6) is -0.194. The first kappa shape index (κ1) is 10.2. The maximum Gasteiger partial charge on any atom is 0.239 e. The predicted molar refractivity (Wildman–Crippen MR) is 54.8 cm³/mol. The number of nitrogens with one attached hydrogen (secondary N) is 1. The van der Waals surface area contributed by atoms with Crippen molar-refractivity contribution in [2.75, 3.05) is 19.6 Å². The highest BCUT2D eigenvalue weighted by atomic mass is 16.2. The van der Waals surface area contributed by atoms with Crippen LogP contribution in [-0.4, -0.2) is 42.4 Å². The van der Waals surface area contributed by atoms with Crippen molar-refractivity contribution in [2.45, 2.75) is 12.5 Å². The van der Waals surface area contributed by atoms with E-state index in [0.717, 1.165) is 0 Å². The Hall–Kier alpha value is -1.36. The third kappa shape index (κ3) is 2.18. The minimum Gasteiger partial charge on any atom is -0.353 e. The maximum absolute atomic E-state index is 11.9. The third-order valence-electron chi connectivity index (χ3n) is 2.78. The Bertz CT molecular complexity index is 314. The molecule has 0 aromatic carbocycles. The lowest BCUT2D eigenvalue weighted by molar-refractivity contribution is -0.140. The molecule has 5 heteroatoms. The van der Waals surface area contributed by atoms with Crippen molar-refractivity contribution in [2.24, 2.45) is 11.7 Å². The fourth-order valence-corrected chi connectivity index (χ4v) is 1.97. The fraction of sp³-hybridized carbons (Fsp3) is 0.600. The van der Waals surface area contributed by atoms with E-state index in [1.807, 2.05) is 12.2 Å². The minimum atomic E-state index is -0.133. The topological polar surface area (TPSA) is 75.4 Å². The molecule has 1 saturated heterocycles. The van der Waals surface area contributed by atoms with Gasteiger partial charge in [0.15, 0.2) is 0 Å². The van der Waals surface area contributed by atoms with Crippen LogP contribution in [0, 0.1) is 5.92 Å². The molecule has 0 spiro atoms. The van der Waals surface area contributed by atoms with Gasteiger partial charge in [-0.15, -0.1) is 0 Å². The van der Waals surface area contributed by atoms with E-state index >= 15 is 0 Å². The maximum atomic E-state index is 11.9. The van der Waals surface area contributed by atoms with Crippen LogP contribution in [0.25, 0.3) is 0 Å². The Morgan fingerprint density at radius 3 is 2.93 bits per heavy atom. The van der Waals surface area contributed by atoms with Crippen LogP contribution >= 0.6 is 0 Å². The molecule has 1 aliphatic carbocycles. The van der Waals surface area contributed by atoms with Gasteiger partial charge in [0.05, 0.1) is 12.5 Å². The van der Waals surface area contributed by atoms with E-state index in [-0.39, 0.29) is 30.3 Å². The summed E-state index contributed by atoms with van der Waals surface area (Å²) in [7, 11) is 0. The third-order valence-corrected chi connectivity index (χ3v) is 2.78. The van der Waals surface area contributed by atoms with Gasteiger partial charge in [-0.1, -0.05) is 12.2 Å². The van der Waals surface area contributed by atoms with Gasteiger partial charge < -0.3 is 16.0 Å². The lowest BCUT2D eigenvalue weighted by Gasteiger charge is -2.28. The summed E-state index contributed by atoms with van der Waals surface area (Å²) in [4.78, 5) is 24.6. The first-order chi connectivity index (χ1) is 7.16. The van der Waals surface area contributed by atoms with Gasteiger partial charge in [-0.05, 0) is 6.42 Å². The van der Waals surface area contributed by atoms with E-state index in [1.165, 1.54) is 0 Å². The fourth-order valence-electron chi connectivity index (χ4n) is 1.97. The summed E-state index contributed by atoms with van der Waals surface area (Å²) in [6.45, 7) is 1.33. The quantitative estimate of drug-likeness (QED) is 0.535. The summed E-state index contributed by atoms with van der Waals surface area (Å²) in [5, 5.41) is 2.69. The zero-order valence-corrected chi connectivity index (χ0v) is 8.48. The van der Waals surface area contributed by atoms with E-state index in [4.69, 9.17) is 5.73 Å². The zero-order valence-electron chi connectivity index (χ0n) is 8.48.